The van der Waals surface area contributed by atoms with Gasteiger partial charge in [-0.2, -0.15) is 0 Å². The van der Waals surface area contributed by atoms with E-state index in [2.05, 4.69) is 26.9 Å². The Bertz CT molecular complexity index is 521. The molecule has 0 spiro atoms. The van der Waals surface area contributed by atoms with E-state index in [4.69, 9.17) is 0 Å². The van der Waals surface area contributed by atoms with Crippen molar-refractivity contribution < 1.29 is 5.11 Å². The van der Waals surface area contributed by atoms with Gasteiger partial charge < -0.3 is 9.67 Å². The van der Waals surface area contributed by atoms with Gasteiger partial charge in [0, 0.05) is 18.9 Å². The van der Waals surface area contributed by atoms with Crippen LogP contribution in [-0.4, -0.2) is 26.5 Å². The molecule has 0 fully saturated rings. The normalized spacial score (nSPS) is 18.6. The minimum atomic E-state index is 0.163. The number of aromatic nitrogens is 3. The number of aliphatic hydroxyl groups is 1. The molecule has 0 bridgehead atoms. The van der Waals surface area contributed by atoms with Crippen LogP contribution >= 0.6 is 0 Å². The van der Waals surface area contributed by atoms with Crippen LogP contribution < -0.4 is 0 Å². The minimum absolute atomic E-state index is 0.163. The Hall–Kier alpha value is -1.68. The molecule has 1 N–H and O–H groups in total. The second-order valence-corrected chi connectivity index (χ2v) is 4.81. The highest BCUT2D eigenvalue weighted by Crippen LogP contribution is 2.26. The van der Waals surface area contributed by atoms with Crippen molar-refractivity contribution in [2.24, 2.45) is 0 Å². The van der Waals surface area contributed by atoms with Crippen LogP contribution in [0.5, 0.6) is 0 Å². The summed E-state index contributed by atoms with van der Waals surface area (Å²) in [6, 6.07) is 10.3. The highest BCUT2D eigenvalue weighted by molar-refractivity contribution is 5.20. The van der Waals surface area contributed by atoms with E-state index in [0.717, 1.165) is 37.5 Å². The first-order valence-corrected chi connectivity index (χ1v) is 6.45. The topological polar surface area (TPSA) is 50.9 Å². The van der Waals surface area contributed by atoms with Gasteiger partial charge in [-0.05, 0) is 18.4 Å². The fourth-order valence-corrected chi connectivity index (χ4v) is 2.60. The van der Waals surface area contributed by atoms with Gasteiger partial charge in [0.25, 0.3) is 0 Å². The van der Waals surface area contributed by atoms with Gasteiger partial charge in [0.15, 0.2) is 0 Å². The fraction of sp³-hybridized carbons (Fsp3) is 0.429. The average Bonchev–Trinajstić information content (AvgIpc) is 2.83. The maximum Gasteiger partial charge on any atom is 0.138 e. The molecule has 2 heterocycles. The van der Waals surface area contributed by atoms with Crippen LogP contribution in [0, 0.1) is 0 Å². The minimum Gasteiger partial charge on any atom is -0.396 e. The van der Waals surface area contributed by atoms with Crippen LogP contribution in [0.2, 0.25) is 0 Å². The lowest BCUT2D eigenvalue weighted by Crippen LogP contribution is -2.20. The van der Waals surface area contributed by atoms with Gasteiger partial charge in [0.2, 0.25) is 0 Å². The van der Waals surface area contributed by atoms with Crippen LogP contribution in [0.3, 0.4) is 0 Å². The summed E-state index contributed by atoms with van der Waals surface area (Å²) >= 11 is 0. The molecule has 0 radical (unpaired) electrons. The Morgan fingerprint density at radius 1 is 1.22 bits per heavy atom. The van der Waals surface area contributed by atoms with Crippen molar-refractivity contribution in [2.45, 2.75) is 31.7 Å². The van der Waals surface area contributed by atoms with Gasteiger partial charge in [-0.3, -0.25) is 0 Å². The zero-order chi connectivity index (χ0) is 12.4. The molecule has 1 aromatic carbocycles. The quantitative estimate of drug-likeness (QED) is 0.893. The van der Waals surface area contributed by atoms with Crippen molar-refractivity contribution in [1.29, 1.82) is 0 Å². The Morgan fingerprint density at radius 2 is 2.06 bits per heavy atom. The molecule has 0 amide bonds. The predicted octanol–water partition coefficient (Wildman–Crippen LogP) is 1.74. The summed E-state index contributed by atoms with van der Waals surface area (Å²) in [5.74, 6) is 2.12. The van der Waals surface area contributed by atoms with Crippen molar-refractivity contribution in [2.75, 3.05) is 6.61 Å². The molecule has 1 aliphatic heterocycles. The Balaban J connectivity index is 1.88. The summed E-state index contributed by atoms with van der Waals surface area (Å²) in [6.07, 6.45) is 2.92. The van der Waals surface area contributed by atoms with Gasteiger partial charge in [0.05, 0.1) is 6.61 Å². The summed E-state index contributed by atoms with van der Waals surface area (Å²) in [7, 11) is 0. The largest absolute Gasteiger partial charge is 0.396 e. The number of hydrogen-bond acceptors (Lipinski definition) is 3. The van der Waals surface area contributed by atoms with E-state index >= 15 is 0 Å². The monoisotopic (exact) mass is 243 g/mol. The lowest BCUT2D eigenvalue weighted by atomic mass is 10.00. The average molecular weight is 243 g/mol. The van der Waals surface area contributed by atoms with Crippen molar-refractivity contribution in [3.63, 3.8) is 0 Å². The van der Waals surface area contributed by atoms with Gasteiger partial charge in [-0.25, -0.2) is 0 Å². The molecule has 0 saturated carbocycles. The zero-order valence-electron chi connectivity index (χ0n) is 10.3. The van der Waals surface area contributed by atoms with E-state index in [9.17, 15) is 5.11 Å². The van der Waals surface area contributed by atoms with Crippen LogP contribution in [0.1, 0.15) is 36.0 Å². The summed E-state index contributed by atoms with van der Waals surface area (Å²) in [5.41, 5.74) is 1.25. The fourth-order valence-electron chi connectivity index (χ4n) is 2.60. The van der Waals surface area contributed by atoms with Crippen LogP contribution in [0.25, 0.3) is 0 Å². The van der Waals surface area contributed by atoms with Gasteiger partial charge in [0.1, 0.15) is 11.6 Å². The van der Waals surface area contributed by atoms with E-state index < -0.39 is 0 Å². The van der Waals surface area contributed by atoms with Crippen molar-refractivity contribution in [3.8, 4) is 0 Å². The molecule has 3 rings (SSSR count). The maximum absolute atomic E-state index is 9.36. The van der Waals surface area contributed by atoms with Crippen LogP contribution in [0.15, 0.2) is 30.3 Å². The number of aliphatic hydroxyl groups excluding tert-OH is 1. The van der Waals surface area contributed by atoms with Crippen molar-refractivity contribution >= 4 is 0 Å². The van der Waals surface area contributed by atoms with E-state index in [0.29, 0.717) is 0 Å². The van der Waals surface area contributed by atoms with E-state index in [1.165, 1.54) is 5.56 Å². The molecule has 1 aliphatic rings. The first-order valence-electron chi connectivity index (χ1n) is 6.45. The predicted molar refractivity (Wildman–Crippen MR) is 68.3 cm³/mol. The molecule has 4 heteroatoms. The molecule has 1 unspecified atom stereocenters. The summed E-state index contributed by atoms with van der Waals surface area (Å²) in [4.78, 5) is 0. The van der Waals surface area contributed by atoms with E-state index in [-0.39, 0.29) is 12.5 Å². The molecule has 1 atom stereocenters. The first kappa shape index (κ1) is 11.4. The summed E-state index contributed by atoms with van der Waals surface area (Å²) in [5, 5.41) is 17.9. The van der Waals surface area contributed by atoms with E-state index in [1.807, 2.05) is 18.2 Å². The maximum atomic E-state index is 9.36. The highest BCUT2D eigenvalue weighted by Gasteiger charge is 2.24. The van der Waals surface area contributed by atoms with Gasteiger partial charge in [-0.1, -0.05) is 30.3 Å². The van der Waals surface area contributed by atoms with Crippen molar-refractivity contribution in [3.05, 3.63) is 47.5 Å². The number of nitrogens with zero attached hydrogens (tertiary/aromatic N) is 3. The number of benzene rings is 1. The Labute approximate surface area is 106 Å². The molecule has 4 nitrogen and oxygen atoms in total. The lowest BCUT2D eigenvalue weighted by Gasteiger charge is -2.21. The van der Waals surface area contributed by atoms with Gasteiger partial charge >= 0.3 is 0 Å². The number of hydrogen-bond donors (Lipinski definition) is 1. The molecule has 2 aromatic rings. The summed E-state index contributed by atoms with van der Waals surface area (Å²) < 4.78 is 2.18. The third-order valence-electron chi connectivity index (χ3n) is 3.58. The molecule has 0 aliphatic carbocycles. The first-order chi connectivity index (χ1) is 8.88. The molecule has 18 heavy (non-hydrogen) atoms. The molecule has 1 aromatic heterocycles. The molecule has 0 saturated heterocycles. The van der Waals surface area contributed by atoms with Crippen LogP contribution in [-0.2, 0) is 13.0 Å². The summed E-state index contributed by atoms with van der Waals surface area (Å²) in [6.45, 7) is 1.14. The molecular weight excluding hydrogens is 226 g/mol. The van der Waals surface area contributed by atoms with Crippen molar-refractivity contribution in [1.82, 2.24) is 14.8 Å². The molecular formula is C14H17N3O. The second kappa shape index (κ2) is 4.90. The second-order valence-electron chi connectivity index (χ2n) is 4.81. The Kier molecular flexibility index (Phi) is 3.11. The highest BCUT2D eigenvalue weighted by atomic mass is 16.3. The standard InChI is InChI=1S/C14H17N3O/c18-10-12-7-4-8-17-13(15-16-14(12)17)9-11-5-2-1-3-6-11/h1-3,5-6,12,18H,4,7-10H2. The lowest BCUT2D eigenvalue weighted by molar-refractivity contribution is 0.237. The number of fused-ring (bicyclic) bond motifs is 1. The zero-order valence-corrected chi connectivity index (χ0v) is 10.3. The van der Waals surface area contributed by atoms with E-state index in [1.54, 1.807) is 0 Å². The Morgan fingerprint density at radius 3 is 2.83 bits per heavy atom. The third-order valence-corrected chi connectivity index (χ3v) is 3.58. The smallest absolute Gasteiger partial charge is 0.138 e. The number of rotatable bonds is 3. The van der Waals surface area contributed by atoms with Crippen LogP contribution in [0.4, 0.5) is 0 Å². The van der Waals surface area contributed by atoms with Gasteiger partial charge in [-0.15, -0.1) is 10.2 Å². The molecule has 94 valence electrons. The third kappa shape index (κ3) is 2.04. The SMILES string of the molecule is OCC1CCCn2c(Cc3ccccc3)nnc21.